The zero-order valence-corrected chi connectivity index (χ0v) is 20.7. The topological polar surface area (TPSA) is 164 Å². The summed E-state index contributed by atoms with van der Waals surface area (Å²) in [5.74, 6) is 0.295. The average Bonchev–Trinajstić information content (AvgIpc) is 3.54. The second-order valence-corrected chi connectivity index (χ2v) is 9.60. The number of nitrogens with one attached hydrogen (secondary N) is 3. The molecule has 1 aliphatic rings. The number of methoxy groups -OCH3 is 1. The SMILES string of the molecule is BC(B)(B)NC(=O)c1nnc(NC(=O)C2CC2)cc1Nc1cccc(-c2noc([C@H](C)O)n2)c1OC. The number of aliphatic hydroxyl groups is 1. The number of aromatic nitrogens is 4. The highest BCUT2D eigenvalue weighted by Crippen LogP contribution is 2.38. The predicted octanol–water partition coefficient (Wildman–Crippen LogP) is -1.08. The van der Waals surface area contributed by atoms with Crippen molar-refractivity contribution >= 4 is 52.5 Å². The van der Waals surface area contributed by atoms with Crippen molar-refractivity contribution in [2.24, 2.45) is 5.92 Å². The number of carbonyl (C=O) groups is 2. The van der Waals surface area contributed by atoms with Crippen LogP contribution in [0, 0.1) is 5.92 Å². The van der Waals surface area contributed by atoms with E-state index in [-0.39, 0.29) is 35.1 Å². The van der Waals surface area contributed by atoms with Gasteiger partial charge in [0.1, 0.15) is 29.6 Å². The molecule has 0 radical (unpaired) electrons. The molecule has 1 aromatic carbocycles. The molecule has 184 valence electrons. The lowest BCUT2D eigenvalue weighted by Crippen LogP contribution is -2.50. The number of nitrogens with zero attached hydrogens (tertiary/aromatic N) is 4. The van der Waals surface area contributed by atoms with Gasteiger partial charge in [0.05, 0.1) is 24.0 Å². The number of amides is 2. The molecule has 15 heteroatoms. The van der Waals surface area contributed by atoms with Crippen LogP contribution in [0.15, 0.2) is 28.8 Å². The van der Waals surface area contributed by atoms with Crippen molar-refractivity contribution in [2.75, 3.05) is 17.7 Å². The average molecular weight is 489 g/mol. The third-order valence-electron chi connectivity index (χ3n) is 5.23. The van der Waals surface area contributed by atoms with Crippen molar-refractivity contribution in [3.63, 3.8) is 0 Å². The first-order valence-electron chi connectivity index (χ1n) is 11.5. The van der Waals surface area contributed by atoms with Crippen LogP contribution in [0.3, 0.4) is 0 Å². The normalized spacial score (nSPS) is 14.1. The van der Waals surface area contributed by atoms with E-state index in [1.165, 1.54) is 14.0 Å². The van der Waals surface area contributed by atoms with Crippen molar-refractivity contribution in [1.29, 1.82) is 0 Å². The van der Waals surface area contributed by atoms with Gasteiger partial charge in [-0.05, 0) is 37.1 Å². The number of hydrogen-bond donors (Lipinski definition) is 4. The summed E-state index contributed by atoms with van der Waals surface area (Å²) in [6.45, 7) is 1.52. The largest absolute Gasteiger partial charge is 0.494 e. The lowest BCUT2D eigenvalue weighted by Gasteiger charge is -2.21. The van der Waals surface area contributed by atoms with Gasteiger partial charge in [0.25, 0.3) is 11.8 Å². The van der Waals surface area contributed by atoms with E-state index in [0.29, 0.717) is 22.7 Å². The minimum Gasteiger partial charge on any atom is -0.494 e. The highest BCUT2D eigenvalue weighted by Gasteiger charge is 2.30. The van der Waals surface area contributed by atoms with Gasteiger partial charge in [0, 0.05) is 12.0 Å². The van der Waals surface area contributed by atoms with Crippen molar-refractivity contribution in [2.45, 2.75) is 31.1 Å². The van der Waals surface area contributed by atoms with Crippen molar-refractivity contribution < 1.29 is 24.0 Å². The molecule has 36 heavy (non-hydrogen) atoms. The highest BCUT2D eigenvalue weighted by molar-refractivity contribution is 6.60. The number of rotatable bonds is 9. The van der Waals surface area contributed by atoms with E-state index in [1.807, 2.05) is 23.5 Å². The Hall–Kier alpha value is -3.87. The molecule has 2 amide bonds. The highest BCUT2D eigenvalue weighted by atomic mass is 16.5. The number of anilines is 3. The Kier molecular flexibility index (Phi) is 7.02. The second kappa shape index (κ2) is 10.0. The fourth-order valence-corrected chi connectivity index (χ4v) is 3.38. The van der Waals surface area contributed by atoms with Gasteiger partial charge in [-0.25, -0.2) is 0 Å². The molecule has 4 rings (SSSR count). The summed E-state index contributed by atoms with van der Waals surface area (Å²) in [7, 11) is 7.05. The molecule has 0 saturated heterocycles. The van der Waals surface area contributed by atoms with Crippen LogP contribution in [-0.2, 0) is 4.79 Å². The maximum atomic E-state index is 13.0. The minimum absolute atomic E-state index is 0.0228. The molecule has 0 aliphatic heterocycles. The van der Waals surface area contributed by atoms with Gasteiger partial charge >= 0.3 is 0 Å². The van der Waals surface area contributed by atoms with Crippen LogP contribution in [-0.4, -0.2) is 73.1 Å². The van der Waals surface area contributed by atoms with E-state index < -0.39 is 17.2 Å². The van der Waals surface area contributed by atoms with Gasteiger partial charge in [-0.1, -0.05) is 11.2 Å². The van der Waals surface area contributed by atoms with Crippen LogP contribution in [0.4, 0.5) is 17.2 Å². The zero-order valence-electron chi connectivity index (χ0n) is 20.7. The predicted molar refractivity (Wildman–Crippen MR) is 139 cm³/mol. The van der Waals surface area contributed by atoms with Crippen LogP contribution in [0.5, 0.6) is 5.75 Å². The maximum Gasteiger partial charge on any atom is 0.272 e. The second-order valence-electron chi connectivity index (χ2n) is 9.60. The monoisotopic (exact) mass is 489 g/mol. The minimum atomic E-state index is -0.922. The Morgan fingerprint density at radius 1 is 1.22 bits per heavy atom. The number of benzene rings is 1. The van der Waals surface area contributed by atoms with Gasteiger partial charge in [-0.15, -0.1) is 10.2 Å². The first-order valence-corrected chi connectivity index (χ1v) is 11.5. The Morgan fingerprint density at radius 3 is 2.58 bits per heavy atom. The van der Waals surface area contributed by atoms with Crippen LogP contribution in [0.2, 0.25) is 0 Å². The van der Waals surface area contributed by atoms with E-state index in [4.69, 9.17) is 9.26 Å². The molecule has 1 atom stereocenters. The van der Waals surface area contributed by atoms with Crippen molar-refractivity contribution in [1.82, 2.24) is 25.7 Å². The summed E-state index contributed by atoms with van der Waals surface area (Å²) in [6, 6.07) is 6.78. The number of carbonyl (C=O) groups excluding carboxylic acids is 2. The summed E-state index contributed by atoms with van der Waals surface area (Å²) in [5, 5.41) is 30.1. The number of aliphatic hydroxyl groups excluding tert-OH is 1. The van der Waals surface area contributed by atoms with Crippen LogP contribution in [0.25, 0.3) is 11.4 Å². The summed E-state index contributed by atoms with van der Waals surface area (Å²) < 4.78 is 10.7. The fraction of sp³-hybridized carbons (Fsp3) is 0.333. The van der Waals surface area contributed by atoms with Crippen molar-refractivity contribution in [3.8, 4) is 17.1 Å². The molecule has 4 N–H and O–H groups in total. The lowest BCUT2D eigenvalue weighted by atomic mass is 9.49. The Labute approximate surface area is 210 Å². The summed E-state index contributed by atoms with van der Waals surface area (Å²) in [4.78, 5) is 29.5. The van der Waals surface area contributed by atoms with E-state index in [9.17, 15) is 14.7 Å². The van der Waals surface area contributed by atoms with Gasteiger partial charge < -0.3 is 30.3 Å². The molecule has 0 bridgehead atoms. The van der Waals surface area contributed by atoms with Crippen LogP contribution in [0.1, 0.15) is 42.2 Å². The fourth-order valence-electron chi connectivity index (χ4n) is 3.38. The van der Waals surface area contributed by atoms with E-state index in [1.54, 1.807) is 24.3 Å². The Balaban J connectivity index is 1.72. The standard InChI is InChI=1S/C21H26B3N7O5/c1-9(32)20-27-17(31-36-20)11-4-3-5-12(16(11)35-2)25-13-8-14(26-18(33)10-6-7-10)29-30-15(13)19(34)28-21(22,23)24/h3-5,8-10,32H,6-7,22-24H2,1-2H3,(H,28,34)(H2,25,26,29,33)/t9-/m0/s1. The number of ether oxygens (including phenoxy) is 1. The number of para-hydroxylation sites is 1. The van der Waals surface area contributed by atoms with Crippen LogP contribution >= 0.6 is 0 Å². The van der Waals surface area contributed by atoms with Crippen LogP contribution < -0.4 is 20.7 Å². The molecule has 1 aliphatic carbocycles. The molecule has 2 aromatic heterocycles. The third kappa shape index (κ3) is 5.85. The molecule has 0 unspecified atom stereocenters. The molecule has 1 saturated carbocycles. The maximum absolute atomic E-state index is 13.0. The third-order valence-corrected chi connectivity index (χ3v) is 5.23. The molecule has 3 aromatic rings. The summed E-state index contributed by atoms with van der Waals surface area (Å²) in [6.07, 6.45) is 0.759. The molecular formula is C21H26B3N7O5. The van der Waals surface area contributed by atoms with Gasteiger partial charge in [0.15, 0.2) is 17.3 Å². The lowest BCUT2D eigenvalue weighted by molar-refractivity contribution is -0.117. The van der Waals surface area contributed by atoms with E-state index in [2.05, 4.69) is 36.3 Å². The molecule has 1 fully saturated rings. The zero-order chi connectivity index (χ0) is 26.0. The van der Waals surface area contributed by atoms with Gasteiger partial charge in [-0.3, -0.25) is 9.59 Å². The smallest absolute Gasteiger partial charge is 0.272 e. The quantitative estimate of drug-likeness (QED) is 0.272. The molecule has 0 spiro atoms. The Morgan fingerprint density at radius 2 is 1.97 bits per heavy atom. The van der Waals surface area contributed by atoms with E-state index >= 15 is 0 Å². The van der Waals surface area contributed by atoms with Crippen molar-refractivity contribution in [3.05, 3.63) is 35.9 Å². The van der Waals surface area contributed by atoms with E-state index in [0.717, 1.165) is 12.8 Å². The summed E-state index contributed by atoms with van der Waals surface area (Å²) >= 11 is 0. The molecule has 12 nitrogen and oxygen atoms in total. The van der Waals surface area contributed by atoms with Gasteiger partial charge in [-0.2, -0.15) is 4.98 Å². The van der Waals surface area contributed by atoms with Gasteiger partial charge in [0.2, 0.25) is 11.7 Å². The first kappa shape index (κ1) is 25.2. The Bertz CT molecular complexity index is 1290. The number of hydrogen-bond acceptors (Lipinski definition) is 10. The molecular weight excluding hydrogens is 463 g/mol. The first-order chi connectivity index (χ1) is 17.1. The molecule has 2 heterocycles. The summed E-state index contributed by atoms with van der Waals surface area (Å²) in [5.41, 5.74) is 1.34.